The van der Waals surface area contributed by atoms with Crippen LogP contribution in [0.25, 0.3) is 0 Å². The monoisotopic (exact) mass is 294 g/mol. The number of aryl methyl sites for hydroxylation is 1. The van der Waals surface area contributed by atoms with Gasteiger partial charge in [-0.2, -0.15) is 5.26 Å². The third kappa shape index (κ3) is 3.86. The number of nitrogens with one attached hydrogen (secondary N) is 1. The Morgan fingerprint density at radius 1 is 1.27 bits per heavy atom. The summed E-state index contributed by atoms with van der Waals surface area (Å²) in [7, 11) is 0. The van der Waals surface area contributed by atoms with Gasteiger partial charge in [-0.1, -0.05) is 31.2 Å². The minimum Gasteiger partial charge on any atom is -0.481 e. The lowest BCUT2D eigenvalue weighted by Gasteiger charge is -2.15. The van der Waals surface area contributed by atoms with Crippen LogP contribution in [0, 0.1) is 11.3 Å². The molecule has 2 rings (SSSR count). The molecule has 0 spiro atoms. The van der Waals surface area contributed by atoms with Crippen LogP contribution in [-0.2, 0) is 11.2 Å². The molecule has 0 aromatic heterocycles. The minimum atomic E-state index is -0.654. The molecule has 0 aliphatic rings. The van der Waals surface area contributed by atoms with Crippen LogP contribution < -0.4 is 10.1 Å². The Morgan fingerprint density at radius 2 is 2.05 bits per heavy atom. The number of benzene rings is 2. The Kier molecular flexibility index (Phi) is 5.16. The fraction of sp³-hybridized carbons (Fsp3) is 0.222. The van der Waals surface area contributed by atoms with Crippen LogP contribution in [0.2, 0.25) is 0 Å². The van der Waals surface area contributed by atoms with Gasteiger partial charge in [-0.05, 0) is 43.2 Å². The first-order valence-electron chi connectivity index (χ1n) is 7.19. The van der Waals surface area contributed by atoms with Gasteiger partial charge in [0.15, 0.2) is 6.10 Å². The van der Waals surface area contributed by atoms with E-state index in [0.717, 1.165) is 12.0 Å². The van der Waals surface area contributed by atoms with Crippen LogP contribution >= 0.6 is 0 Å². The van der Waals surface area contributed by atoms with Gasteiger partial charge in [0, 0.05) is 0 Å². The van der Waals surface area contributed by atoms with E-state index in [1.54, 1.807) is 31.2 Å². The normalized spacial score (nSPS) is 11.3. The lowest BCUT2D eigenvalue weighted by atomic mass is 10.1. The van der Waals surface area contributed by atoms with Gasteiger partial charge in [-0.15, -0.1) is 0 Å². The summed E-state index contributed by atoms with van der Waals surface area (Å²) in [6.07, 6.45) is 0.256. The number of rotatable bonds is 5. The Morgan fingerprint density at radius 3 is 2.77 bits per heavy atom. The van der Waals surface area contributed by atoms with E-state index in [1.807, 2.05) is 30.3 Å². The fourth-order valence-corrected chi connectivity index (χ4v) is 2.02. The Hall–Kier alpha value is -2.80. The number of hydrogen-bond acceptors (Lipinski definition) is 3. The van der Waals surface area contributed by atoms with Crippen molar-refractivity contribution in [1.29, 1.82) is 5.26 Å². The van der Waals surface area contributed by atoms with Crippen molar-refractivity contribution in [2.24, 2.45) is 0 Å². The number of para-hydroxylation sites is 1. The van der Waals surface area contributed by atoms with Crippen molar-refractivity contribution >= 4 is 11.6 Å². The van der Waals surface area contributed by atoms with Crippen LogP contribution in [-0.4, -0.2) is 12.0 Å². The van der Waals surface area contributed by atoms with E-state index in [2.05, 4.69) is 12.2 Å². The molecule has 22 heavy (non-hydrogen) atoms. The number of hydrogen-bond donors (Lipinski definition) is 1. The first-order valence-corrected chi connectivity index (χ1v) is 7.19. The van der Waals surface area contributed by atoms with E-state index in [0.29, 0.717) is 17.0 Å². The Balaban J connectivity index is 2.04. The highest BCUT2D eigenvalue weighted by Gasteiger charge is 2.16. The fourth-order valence-electron chi connectivity index (χ4n) is 2.02. The molecule has 0 heterocycles. The Labute approximate surface area is 130 Å². The number of amides is 1. The number of nitriles is 1. The summed E-state index contributed by atoms with van der Waals surface area (Å²) >= 11 is 0. The molecule has 0 radical (unpaired) electrons. The average Bonchev–Trinajstić information content (AvgIpc) is 2.55. The smallest absolute Gasteiger partial charge is 0.265 e. The first-order chi connectivity index (χ1) is 10.6. The average molecular weight is 294 g/mol. The number of ether oxygens (including phenoxy) is 1. The second-order valence-electron chi connectivity index (χ2n) is 4.91. The van der Waals surface area contributed by atoms with Crippen molar-refractivity contribution < 1.29 is 9.53 Å². The van der Waals surface area contributed by atoms with Gasteiger partial charge in [0.25, 0.3) is 5.91 Å². The van der Waals surface area contributed by atoms with Gasteiger partial charge < -0.3 is 10.1 Å². The standard InChI is InChI=1S/C18H18N2O2/c1-3-14-7-6-9-16(11-14)22-13(2)18(21)20-17-10-5-4-8-15(17)12-19/h4-11,13H,3H2,1-2H3,(H,20,21). The SMILES string of the molecule is CCc1cccc(OC(C)C(=O)Nc2ccccc2C#N)c1. The third-order valence-corrected chi connectivity index (χ3v) is 3.29. The molecule has 2 aromatic carbocycles. The second-order valence-corrected chi connectivity index (χ2v) is 4.91. The predicted molar refractivity (Wildman–Crippen MR) is 85.7 cm³/mol. The highest BCUT2D eigenvalue weighted by molar-refractivity contribution is 5.95. The van der Waals surface area contributed by atoms with Gasteiger partial charge in [-0.25, -0.2) is 0 Å². The van der Waals surface area contributed by atoms with Crippen molar-refractivity contribution in [2.75, 3.05) is 5.32 Å². The third-order valence-electron chi connectivity index (χ3n) is 3.29. The van der Waals surface area contributed by atoms with Crippen molar-refractivity contribution in [3.8, 4) is 11.8 Å². The summed E-state index contributed by atoms with van der Waals surface area (Å²) in [6, 6.07) is 16.6. The molecule has 4 heteroatoms. The van der Waals surface area contributed by atoms with E-state index in [9.17, 15) is 4.79 Å². The van der Waals surface area contributed by atoms with Crippen LogP contribution in [0.5, 0.6) is 5.75 Å². The summed E-state index contributed by atoms with van der Waals surface area (Å²) in [4.78, 5) is 12.2. The molecular formula is C18H18N2O2. The van der Waals surface area contributed by atoms with E-state index in [4.69, 9.17) is 10.00 Å². The molecule has 112 valence electrons. The molecule has 0 aliphatic heterocycles. The van der Waals surface area contributed by atoms with Crippen molar-refractivity contribution in [2.45, 2.75) is 26.4 Å². The number of anilines is 1. The summed E-state index contributed by atoms with van der Waals surface area (Å²) < 4.78 is 5.67. The van der Waals surface area contributed by atoms with Gasteiger partial charge in [-0.3, -0.25) is 4.79 Å². The van der Waals surface area contributed by atoms with Crippen LogP contribution in [0.1, 0.15) is 25.0 Å². The maximum absolute atomic E-state index is 12.2. The van der Waals surface area contributed by atoms with Gasteiger partial charge in [0.05, 0.1) is 11.3 Å². The van der Waals surface area contributed by atoms with Crippen molar-refractivity contribution in [3.63, 3.8) is 0 Å². The predicted octanol–water partition coefficient (Wildman–Crippen LogP) is 3.53. The minimum absolute atomic E-state index is 0.287. The molecule has 1 unspecified atom stereocenters. The van der Waals surface area contributed by atoms with Gasteiger partial charge >= 0.3 is 0 Å². The summed E-state index contributed by atoms with van der Waals surface area (Å²) in [5, 5.41) is 11.8. The van der Waals surface area contributed by atoms with Crippen LogP contribution in [0.4, 0.5) is 5.69 Å². The summed E-state index contributed by atoms with van der Waals surface area (Å²) in [5.74, 6) is 0.375. The highest BCUT2D eigenvalue weighted by Crippen LogP contribution is 2.17. The topological polar surface area (TPSA) is 62.1 Å². The molecule has 1 amide bonds. The molecule has 0 bridgehead atoms. The molecular weight excluding hydrogens is 276 g/mol. The van der Waals surface area contributed by atoms with Crippen LogP contribution in [0.3, 0.4) is 0 Å². The Bertz CT molecular complexity index is 704. The molecule has 4 nitrogen and oxygen atoms in total. The zero-order valence-electron chi connectivity index (χ0n) is 12.7. The molecule has 0 fully saturated rings. The van der Waals surface area contributed by atoms with Gasteiger partial charge in [0.2, 0.25) is 0 Å². The highest BCUT2D eigenvalue weighted by atomic mass is 16.5. The summed E-state index contributed by atoms with van der Waals surface area (Å²) in [6.45, 7) is 3.75. The van der Waals surface area contributed by atoms with Crippen molar-refractivity contribution in [1.82, 2.24) is 0 Å². The van der Waals surface area contributed by atoms with Crippen LogP contribution in [0.15, 0.2) is 48.5 Å². The molecule has 1 N–H and O–H groups in total. The zero-order chi connectivity index (χ0) is 15.9. The van der Waals surface area contributed by atoms with E-state index in [-0.39, 0.29) is 5.91 Å². The lowest BCUT2D eigenvalue weighted by molar-refractivity contribution is -0.122. The van der Waals surface area contributed by atoms with Crippen molar-refractivity contribution in [3.05, 3.63) is 59.7 Å². The van der Waals surface area contributed by atoms with E-state index < -0.39 is 6.10 Å². The molecule has 0 aliphatic carbocycles. The van der Waals surface area contributed by atoms with E-state index >= 15 is 0 Å². The molecule has 2 aromatic rings. The second kappa shape index (κ2) is 7.28. The first kappa shape index (κ1) is 15.6. The largest absolute Gasteiger partial charge is 0.481 e. The zero-order valence-corrected chi connectivity index (χ0v) is 12.7. The molecule has 0 saturated carbocycles. The molecule has 0 saturated heterocycles. The van der Waals surface area contributed by atoms with Gasteiger partial charge in [0.1, 0.15) is 11.8 Å². The number of carbonyl (C=O) groups excluding carboxylic acids is 1. The number of carbonyl (C=O) groups is 1. The maximum Gasteiger partial charge on any atom is 0.265 e. The quantitative estimate of drug-likeness (QED) is 0.917. The number of nitrogens with zero attached hydrogens (tertiary/aromatic N) is 1. The lowest BCUT2D eigenvalue weighted by Crippen LogP contribution is -2.30. The molecule has 1 atom stereocenters. The van der Waals surface area contributed by atoms with E-state index in [1.165, 1.54) is 0 Å². The maximum atomic E-state index is 12.2. The summed E-state index contributed by atoms with van der Waals surface area (Å²) in [5.41, 5.74) is 2.07.